The number of esters is 1. The maximum Gasteiger partial charge on any atom is 0.319 e. The molecule has 0 aliphatic heterocycles. The molecule has 68 valence electrons. The van der Waals surface area contributed by atoms with E-state index in [-0.39, 0.29) is 5.97 Å². The number of ether oxygens (including phenoxy) is 1. The Kier molecular flexibility index (Phi) is 3.80. The summed E-state index contributed by atoms with van der Waals surface area (Å²) in [5.74, 6) is 0.483. The largest absolute Gasteiger partial charge is 0.464 e. The van der Waals surface area contributed by atoms with Crippen LogP contribution in [0.2, 0.25) is 0 Å². The molecule has 0 saturated heterocycles. The Balaban J connectivity index is 1.91. The highest BCUT2D eigenvalue weighted by Gasteiger charge is 2.22. The SMILES string of the molecule is C=CCNCC(=O)OCC1CC1. The molecule has 3 heteroatoms. The number of hydrogen-bond donors (Lipinski definition) is 1. The maximum atomic E-state index is 10.9. The topological polar surface area (TPSA) is 38.3 Å². The Morgan fingerprint density at radius 3 is 3.00 bits per heavy atom. The lowest BCUT2D eigenvalue weighted by molar-refractivity contribution is -0.142. The normalized spacial score (nSPS) is 15.7. The minimum absolute atomic E-state index is 0.163. The second-order valence-corrected chi connectivity index (χ2v) is 3.05. The Bertz CT molecular complexity index is 164. The zero-order valence-corrected chi connectivity index (χ0v) is 7.21. The van der Waals surface area contributed by atoms with Crippen molar-refractivity contribution in [1.29, 1.82) is 0 Å². The predicted octanol–water partition coefficient (Wildman–Crippen LogP) is 0.715. The summed E-state index contributed by atoms with van der Waals surface area (Å²) in [6.45, 7) is 5.07. The first-order chi connectivity index (χ1) is 5.83. The fourth-order valence-corrected chi connectivity index (χ4v) is 0.823. The van der Waals surface area contributed by atoms with Crippen LogP contribution in [0.15, 0.2) is 12.7 Å². The van der Waals surface area contributed by atoms with E-state index in [1.807, 2.05) is 0 Å². The van der Waals surface area contributed by atoms with Gasteiger partial charge in [-0.3, -0.25) is 4.79 Å². The zero-order chi connectivity index (χ0) is 8.81. The Hall–Kier alpha value is -0.830. The summed E-state index contributed by atoms with van der Waals surface area (Å²) in [6.07, 6.45) is 4.15. The van der Waals surface area contributed by atoms with Crippen LogP contribution in [0, 0.1) is 5.92 Å². The van der Waals surface area contributed by atoms with Crippen LogP contribution in [0.4, 0.5) is 0 Å². The monoisotopic (exact) mass is 169 g/mol. The van der Waals surface area contributed by atoms with Crippen molar-refractivity contribution in [3.8, 4) is 0 Å². The van der Waals surface area contributed by atoms with Gasteiger partial charge in [0.2, 0.25) is 0 Å². The third-order valence-corrected chi connectivity index (χ3v) is 1.73. The van der Waals surface area contributed by atoms with E-state index in [1.54, 1.807) is 6.08 Å². The number of nitrogens with one attached hydrogen (secondary N) is 1. The van der Waals surface area contributed by atoms with E-state index in [1.165, 1.54) is 12.8 Å². The highest BCUT2D eigenvalue weighted by atomic mass is 16.5. The van der Waals surface area contributed by atoms with Crippen molar-refractivity contribution in [2.75, 3.05) is 19.7 Å². The molecule has 0 unspecified atom stereocenters. The van der Waals surface area contributed by atoms with Gasteiger partial charge in [0.05, 0.1) is 13.2 Å². The van der Waals surface area contributed by atoms with Gasteiger partial charge in [-0.15, -0.1) is 6.58 Å². The van der Waals surface area contributed by atoms with Gasteiger partial charge < -0.3 is 10.1 Å². The van der Waals surface area contributed by atoms with Crippen LogP contribution in [0.5, 0.6) is 0 Å². The van der Waals surface area contributed by atoms with Gasteiger partial charge in [-0.05, 0) is 18.8 Å². The van der Waals surface area contributed by atoms with Crippen LogP contribution < -0.4 is 5.32 Å². The molecule has 1 fully saturated rings. The Labute approximate surface area is 72.8 Å². The van der Waals surface area contributed by atoms with Gasteiger partial charge in [0.15, 0.2) is 0 Å². The van der Waals surface area contributed by atoms with Crippen LogP contribution in [0.3, 0.4) is 0 Å². The van der Waals surface area contributed by atoms with E-state index < -0.39 is 0 Å². The van der Waals surface area contributed by atoms with E-state index in [2.05, 4.69) is 11.9 Å². The molecule has 1 aliphatic rings. The van der Waals surface area contributed by atoms with E-state index in [9.17, 15) is 4.79 Å². The molecule has 0 bridgehead atoms. The lowest BCUT2D eigenvalue weighted by Gasteiger charge is -2.03. The molecule has 0 heterocycles. The second-order valence-electron chi connectivity index (χ2n) is 3.05. The van der Waals surface area contributed by atoms with Crippen molar-refractivity contribution >= 4 is 5.97 Å². The van der Waals surface area contributed by atoms with Gasteiger partial charge in [-0.1, -0.05) is 6.08 Å². The third kappa shape index (κ3) is 4.13. The molecule has 1 rings (SSSR count). The van der Waals surface area contributed by atoms with E-state index >= 15 is 0 Å². The standard InChI is InChI=1S/C9H15NO2/c1-2-5-10-6-9(11)12-7-8-3-4-8/h2,8,10H,1,3-7H2. The van der Waals surface area contributed by atoms with Crippen LogP contribution in [-0.4, -0.2) is 25.7 Å². The van der Waals surface area contributed by atoms with Gasteiger partial charge in [-0.2, -0.15) is 0 Å². The smallest absolute Gasteiger partial charge is 0.319 e. The summed E-state index contributed by atoms with van der Waals surface area (Å²) in [4.78, 5) is 10.9. The summed E-state index contributed by atoms with van der Waals surface area (Å²) >= 11 is 0. The van der Waals surface area contributed by atoms with Gasteiger partial charge >= 0.3 is 5.97 Å². The van der Waals surface area contributed by atoms with Crippen molar-refractivity contribution < 1.29 is 9.53 Å². The molecule has 1 aliphatic carbocycles. The van der Waals surface area contributed by atoms with Crippen molar-refractivity contribution in [2.24, 2.45) is 5.92 Å². The molecule has 0 aromatic heterocycles. The quantitative estimate of drug-likeness (QED) is 0.361. The summed E-state index contributed by atoms with van der Waals surface area (Å²) in [5.41, 5.74) is 0. The second kappa shape index (κ2) is 4.93. The first-order valence-corrected chi connectivity index (χ1v) is 4.30. The molecule has 0 atom stereocenters. The highest BCUT2D eigenvalue weighted by molar-refractivity contribution is 5.71. The van der Waals surface area contributed by atoms with Crippen LogP contribution in [0.25, 0.3) is 0 Å². The lowest BCUT2D eigenvalue weighted by Crippen LogP contribution is -2.25. The first-order valence-electron chi connectivity index (χ1n) is 4.30. The lowest BCUT2D eigenvalue weighted by atomic mass is 10.5. The minimum atomic E-state index is -0.163. The first kappa shape index (κ1) is 9.26. The van der Waals surface area contributed by atoms with Crippen LogP contribution in [0.1, 0.15) is 12.8 Å². The van der Waals surface area contributed by atoms with Gasteiger partial charge in [0.1, 0.15) is 0 Å². The van der Waals surface area contributed by atoms with E-state index in [0.29, 0.717) is 25.6 Å². The number of hydrogen-bond acceptors (Lipinski definition) is 3. The molecule has 3 nitrogen and oxygen atoms in total. The fourth-order valence-electron chi connectivity index (χ4n) is 0.823. The average Bonchev–Trinajstić information content (AvgIpc) is 2.84. The maximum absolute atomic E-state index is 10.9. The van der Waals surface area contributed by atoms with Gasteiger partial charge in [0, 0.05) is 6.54 Å². The number of carbonyl (C=O) groups is 1. The summed E-state index contributed by atoms with van der Waals surface area (Å²) in [6, 6.07) is 0. The fraction of sp³-hybridized carbons (Fsp3) is 0.667. The summed E-state index contributed by atoms with van der Waals surface area (Å²) in [7, 11) is 0. The van der Waals surface area contributed by atoms with Crippen molar-refractivity contribution in [3.63, 3.8) is 0 Å². The van der Waals surface area contributed by atoms with Crippen LogP contribution >= 0.6 is 0 Å². The van der Waals surface area contributed by atoms with E-state index in [0.717, 1.165) is 0 Å². The molecule has 0 aromatic carbocycles. The summed E-state index contributed by atoms with van der Waals surface area (Å²) in [5, 5.41) is 2.89. The average molecular weight is 169 g/mol. The minimum Gasteiger partial charge on any atom is -0.464 e. The van der Waals surface area contributed by atoms with Crippen molar-refractivity contribution in [1.82, 2.24) is 5.32 Å². The number of rotatable bonds is 6. The Morgan fingerprint density at radius 2 is 2.42 bits per heavy atom. The third-order valence-electron chi connectivity index (χ3n) is 1.73. The molecule has 1 N–H and O–H groups in total. The molecule has 0 spiro atoms. The van der Waals surface area contributed by atoms with Gasteiger partial charge in [-0.25, -0.2) is 0 Å². The molecule has 0 amide bonds. The molecule has 1 saturated carbocycles. The highest BCUT2D eigenvalue weighted by Crippen LogP contribution is 2.28. The molecular formula is C9H15NO2. The Morgan fingerprint density at radius 1 is 1.67 bits per heavy atom. The van der Waals surface area contributed by atoms with E-state index in [4.69, 9.17) is 4.74 Å². The van der Waals surface area contributed by atoms with Gasteiger partial charge in [0.25, 0.3) is 0 Å². The molecule has 0 radical (unpaired) electrons. The molecular weight excluding hydrogens is 154 g/mol. The number of carbonyl (C=O) groups excluding carboxylic acids is 1. The zero-order valence-electron chi connectivity index (χ0n) is 7.21. The molecule has 0 aromatic rings. The van der Waals surface area contributed by atoms with Crippen LogP contribution in [-0.2, 0) is 9.53 Å². The molecule has 12 heavy (non-hydrogen) atoms. The van der Waals surface area contributed by atoms with Crippen molar-refractivity contribution in [3.05, 3.63) is 12.7 Å². The summed E-state index contributed by atoms with van der Waals surface area (Å²) < 4.78 is 4.98. The van der Waals surface area contributed by atoms with Crippen molar-refractivity contribution in [2.45, 2.75) is 12.8 Å². The predicted molar refractivity (Wildman–Crippen MR) is 46.7 cm³/mol.